The average Bonchev–Trinajstić information content (AvgIpc) is 2.16. The van der Waals surface area contributed by atoms with E-state index < -0.39 is 0 Å². The average molecular weight is 193 g/mol. The van der Waals surface area contributed by atoms with Gasteiger partial charge in [-0.1, -0.05) is 13.8 Å². The van der Waals surface area contributed by atoms with Crippen molar-refractivity contribution in [3.05, 3.63) is 17.1 Å². The molecule has 1 heterocycles. The van der Waals surface area contributed by atoms with Crippen molar-refractivity contribution in [2.45, 2.75) is 33.6 Å². The van der Waals surface area contributed by atoms with Crippen LogP contribution in [-0.4, -0.2) is 24.1 Å². The third-order valence-corrected chi connectivity index (χ3v) is 2.29. The zero-order chi connectivity index (χ0) is 10.7. The summed E-state index contributed by atoms with van der Waals surface area (Å²) in [5.41, 5.74) is 2.46. The third kappa shape index (κ3) is 2.03. The Bertz CT molecular complexity index is 319. The summed E-state index contributed by atoms with van der Waals surface area (Å²) in [5.74, 6) is 1.93. The van der Waals surface area contributed by atoms with E-state index in [-0.39, 0.29) is 0 Å². The van der Waals surface area contributed by atoms with Crippen LogP contribution >= 0.6 is 0 Å². The van der Waals surface area contributed by atoms with Gasteiger partial charge in [0.1, 0.15) is 11.6 Å². The fraction of sp³-hybridized carbons (Fsp3) is 0.636. The molecule has 0 radical (unpaired) electrons. The van der Waals surface area contributed by atoms with Gasteiger partial charge in [-0.15, -0.1) is 0 Å². The molecule has 3 heteroatoms. The van der Waals surface area contributed by atoms with Crippen LogP contribution < -0.4 is 4.90 Å². The van der Waals surface area contributed by atoms with E-state index in [2.05, 4.69) is 28.7 Å². The van der Waals surface area contributed by atoms with E-state index in [1.54, 1.807) is 0 Å². The van der Waals surface area contributed by atoms with Gasteiger partial charge in [-0.2, -0.15) is 0 Å². The van der Waals surface area contributed by atoms with Gasteiger partial charge in [0, 0.05) is 25.4 Å². The van der Waals surface area contributed by atoms with Gasteiger partial charge in [-0.25, -0.2) is 9.97 Å². The summed E-state index contributed by atoms with van der Waals surface area (Å²) in [4.78, 5) is 11.0. The van der Waals surface area contributed by atoms with Gasteiger partial charge in [0.2, 0.25) is 0 Å². The maximum Gasteiger partial charge on any atom is 0.135 e. The van der Waals surface area contributed by atoms with Crippen molar-refractivity contribution in [3.63, 3.8) is 0 Å². The maximum atomic E-state index is 4.47. The summed E-state index contributed by atoms with van der Waals surface area (Å²) in [6.07, 6.45) is 1.98. The largest absolute Gasteiger partial charge is 0.362 e. The molecule has 0 saturated carbocycles. The van der Waals surface area contributed by atoms with Gasteiger partial charge < -0.3 is 4.90 Å². The highest BCUT2D eigenvalue weighted by Gasteiger charge is 2.11. The van der Waals surface area contributed by atoms with Crippen LogP contribution in [0.2, 0.25) is 0 Å². The monoisotopic (exact) mass is 193 g/mol. The Morgan fingerprint density at radius 2 is 1.71 bits per heavy atom. The molecule has 0 aromatic carbocycles. The van der Waals surface area contributed by atoms with Gasteiger partial charge in [0.15, 0.2) is 0 Å². The number of rotatable bonds is 3. The highest BCUT2D eigenvalue weighted by Crippen LogP contribution is 2.19. The second kappa shape index (κ2) is 4.40. The van der Waals surface area contributed by atoms with Crippen LogP contribution in [0, 0.1) is 6.92 Å². The van der Waals surface area contributed by atoms with Crippen LogP contribution in [0.15, 0.2) is 0 Å². The van der Waals surface area contributed by atoms with E-state index in [0.717, 1.165) is 24.5 Å². The van der Waals surface area contributed by atoms with Gasteiger partial charge in [-0.3, -0.25) is 0 Å². The van der Waals surface area contributed by atoms with E-state index in [9.17, 15) is 0 Å². The fourth-order valence-electron chi connectivity index (χ4n) is 1.66. The SMILES string of the molecule is CCc1nc(C)nc(N(C)C)c1CC. The fourth-order valence-corrected chi connectivity index (χ4v) is 1.66. The molecule has 0 N–H and O–H groups in total. The van der Waals surface area contributed by atoms with Crippen LogP contribution in [0.25, 0.3) is 0 Å². The van der Waals surface area contributed by atoms with E-state index in [1.165, 1.54) is 11.3 Å². The zero-order valence-corrected chi connectivity index (χ0v) is 9.76. The minimum absolute atomic E-state index is 0.864. The topological polar surface area (TPSA) is 29.0 Å². The Kier molecular flexibility index (Phi) is 3.44. The first kappa shape index (κ1) is 11.0. The van der Waals surface area contributed by atoms with Crippen molar-refractivity contribution in [2.75, 3.05) is 19.0 Å². The summed E-state index contributed by atoms with van der Waals surface area (Å²) in [7, 11) is 4.06. The number of hydrogen-bond acceptors (Lipinski definition) is 3. The van der Waals surface area contributed by atoms with Gasteiger partial charge in [0.25, 0.3) is 0 Å². The molecule has 0 aliphatic carbocycles. The van der Waals surface area contributed by atoms with Crippen LogP contribution in [0.3, 0.4) is 0 Å². The van der Waals surface area contributed by atoms with E-state index in [1.807, 2.05) is 21.0 Å². The predicted octanol–water partition coefficient (Wildman–Crippen LogP) is 1.98. The lowest BCUT2D eigenvalue weighted by Gasteiger charge is -2.18. The minimum atomic E-state index is 0.864. The lowest BCUT2D eigenvalue weighted by atomic mass is 10.1. The molecular formula is C11H19N3. The van der Waals surface area contributed by atoms with Crippen molar-refractivity contribution in [1.82, 2.24) is 9.97 Å². The molecule has 0 aliphatic rings. The Balaban J connectivity index is 3.31. The quantitative estimate of drug-likeness (QED) is 0.735. The van der Waals surface area contributed by atoms with E-state index in [0.29, 0.717) is 0 Å². The Morgan fingerprint density at radius 3 is 2.14 bits per heavy atom. The number of anilines is 1. The lowest BCUT2D eigenvalue weighted by molar-refractivity contribution is 0.874. The number of aromatic nitrogens is 2. The van der Waals surface area contributed by atoms with Crippen LogP contribution in [-0.2, 0) is 12.8 Å². The van der Waals surface area contributed by atoms with Crippen LogP contribution in [0.4, 0.5) is 5.82 Å². The molecule has 0 spiro atoms. The molecule has 0 amide bonds. The summed E-state index contributed by atoms with van der Waals surface area (Å²) in [6.45, 7) is 6.24. The summed E-state index contributed by atoms with van der Waals surface area (Å²) in [5, 5.41) is 0. The molecule has 0 unspecified atom stereocenters. The molecule has 78 valence electrons. The van der Waals surface area contributed by atoms with Gasteiger partial charge >= 0.3 is 0 Å². The Morgan fingerprint density at radius 1 is 1.07 bits per heavy atom. The molecule has 0 atom stereocenters. The standard InChI is InChI=1S/C11H19N3/c1-6-9-10(7-2)12-8(3)13-11(9)14(4)5/h6-7H2,1-5H3. The molecule has 1 aromatic rings. The van der Waals surface area contributed by atoms with Crippen molar-refractivity contribution in [2.24, 2.45) is 0 Å². The molecule has 0 saturated heterocycles. The molecule has 0 aliphatic heterocycles. The predicted molar refractivity (Wildman–Crippen MR) is 59.9 cm³/mol. The molecule has 0 fully saturated rings. The van der Waals surface area contributed by atoms with Crippen molar-refractivity contribution in [3.8, 4) is 0 Å². The number of nitrogens with zero attached hydrogens (tertiary/aromatic N) is 3. The van der Waals surface area contributed by atoms with Crippen LogP contribution in [0.5, 0.6) is 0 Å². The molecule has 1 rings (SSSR count). The smallest absolute Gasteiger partial charge is 0.135 e. The van der Waals surface area contributed by atoms with Crippen molar-refractivity contribution < 1.29 is 0 Å². The second-order valence-corrected chi connectivity index (χ2v) is 3.62. The second-order valence-electron chi connectivity index (χ2n) is 3.62. The number of hydrogen-bond donors (Lipinski definition) is 0. The Labute approximate surface area is 86.2 Å². The third-order valence-electron chi connectivity index (χ3n) is 2.29. The van der Waals surface area contributed by atoms with Crippen molar-refractivity contribution >= 4 is 5.82 Å². The summed E-state index contributed by atoms with van der Waals surface area (Å²) in [6, 6.07) is 0. The van der Waals surface area contributed by atoms with Crippen molar-refractivity contribution in [1.29, 1.82) is 0 Å². The lowest BCUT2D eigenvalue weighted by Crippen LogP contribution is -2.16. The summed E-state index contributed by atoms with van der Waals surface area (Å²) >= 11 is 0. The van der Waals surface area contributed by atoms with E-state index >= 15 is 0 Å². The molecule has 14 heavy (non-hydrogen) atoms. The van der Waals surface area contributed by atoms with Gasteiger partial charge in [-0.05, 0) is 19.8 Å². The maximum absolute atomic E-state index is 4.47. The molecule has 1 aromatic heterocycles. The zero-order valence-electron chi connectivity index (χ0n) is 9.76. The molecule has 0 bridgehead atoms. The first-order valence-electron chi connectivity index (χ1n) is 5.13. The Hall–Kier alpha value is -1.12. The van der Waals surface area contributed by atoms with E-state index in [4.69, 9.17) is 0 Å². The first-order chi connectivity index (χ1) is 6.60. The van der Waals surface area contributed by atoms with Crippen LogP contribution in [0.1, 0.15) is 30.9 Å². The summed E-state index contributed by atoms with van der Waals surface area (Å²) < 4.78 is 0. The normalized spacial score (nSPS) is 10.4. The van der Waals surface area contributed by atoms with Gasteiger partial charge in [0.05, 0.1) is 0 Å². The minimum Gasteiger partial charge on any atom is -0.362 e. The highest BCUT2D eigenvalue weighted by molar-refractivity contribution is 5.48. The molecule has 3 nitrogen and oxygen atoms in total. The highest BCUT2D eigenvalue weighted by atomic mass is 15.2. The number of aryl methyl sites for hydroxylation is 2. The molecular weight excluding hydrogens is 174 g/mol. The first-order valence-corrected chi connectivity index (χ1v) is 5.13.